The van der Waals surface area contributed by atoms with Gasteiger partial charge in [0.1, 0.15) is 0 Å². The van der Waals surface area contributed by atoms with Gasteiger partial charge in [-0.25, -0.2) is 9.69 Å². The van der Waals surface area contributed by atoms with Crippen LogP contribution in [0.25, 0.3) is 0 Å². The Balaban J connectivity index is 2.60. The number of hydrogen-bond acceptors (Lipinski definition) is 3. The lowest BCUT2D eigenvalue weighted by Crippen LogP contribution is -2.32. The van der Waals surface area contributed by atoms with Crippen LogP contribution in [0, 0.1) is 0 Å². The van der Waals surface area contributed by atoms with Crippen molar-refractivity contribution in [1.82, 2.24) is 0 Å². The van der Waals surface area contributed by atoms with E-state index < -0.39 is 0 Å². The van der Waals surface area contributed by atoms with Crippen LogP contribution in [0.1, 0.15) is 26.7 Å². The van der Waals surface area contributed by atoms with E-state index in [1.54, 1.807) is 25.3 Å². The molecule has 0 N–H and O–H groups in total. The Bertz CT molecular complexity index is 357. The molecule has 0 aromatic carbocycles. The molecule has 1 aromatic rings. The van der Waals surface area contributed by atoms with Crippen molar-refractivity contribution in [3.8, 4) is 0 Å². The maximum Gasteiger partial charge on any atom is 0.416 e. The number of amides is 1. The number of rotatable bonds is 6. The SMILES string of the molecule is C=C(C)CCCN(C(=O)OCC)c1ccco1. The lowest BCUT2D eigenvalue weighted by Gasteiger charge is -2.18. The molecule has 0 radical (unpaired) electrons. The molecule has 1 rings (SSSR count). The third-order valence-corrected chi connectivity index (χ3v) is 2.25. The first-order valence-corrected chi connectivity index (χ1v) is 5.77. The Kier molecular flexibility index (Phi) is 5.33. The molecule has 0 unspecified atom stereocenters. The molecular weight excluding hydrogens is 218 g/mol. The predicted octanol–water partition coefficient (Wildman–Crippen LogP) is 3.60. The number of furan rings is 1. The van der Waals surface area contributed by atoms with Gasteiger partial charge in [0.25, 0.3) is 0 Å². The van der Waals surface area contributed by atoms with Gasteiger partial charge in [0, 0.05) is 12.6 Å². The van der Waals surface area contributed by atoms with Gasteiger partial charge in [-0.1, -0.05) is 5.57 Å². The summed E-state index contributed by atoms with van der Waals surface area (Å²) in [4.78, 5) is 13.2. The zero-order valence-corrected chi connectivity index (χ0v) is 10.4. The van der Waals surface area contributed by atoms with E-state index in [-0.39, 0.29) is 6.09 Å². The lowest BCUT2D eigenvalue weighted by atomic mass is 10.2. The minimum Gasteiger partial charge on any atom is -0.449 e. The number of carbonyl (C=O) groups is 1. The third kappa shape index (κ3) is 4.34. The Labute approximate surface area is 102 Å². The average molecular weight is 237 g/mol. The first-order valence-electron chi connectivity index (χ1n) is 5.77. The van der Waals surface area contributed by atoms with Gasteiger partial charge in [0.2, 0.25) is 5.88 Å². The van der Waals surface area contributed by atoms with E-state index in [4.69, 9.17) is 9.15 Å². The van der Waals surface area contributed by atoms with Crippen LogP contribution in [0.2, 0.25) is 0 Å². The molecule has 0 aliphatic rings. The molecule has 0 bridgehead atoms. The number of carbonyl (C=O) groups excluding carboxylic acids is 1. The molecule has 4 nitrogen and oxygen atoms in total. The molecule has 1 heterocycles. The van der Waals surface area contributed by atoms with Crippen molar-refractivity contribution in [2.75, 3.05) is 18.1 Å². The average Bonchev–Trinajstić information content (AvgIpc) is 2.77. The fraction of sp³-hybridized carbons (Fsp3) is 0.462. The van der Waals surface area contributed by atoms with E-state index >= 15 is 0 Å². The molecule has 17 heavy (non-hydrogen) atoms. The maximum absolute atomic E-state index is 11.7. The molecule has 94 valence electrons. The molecule has 0 aliphatic heterocycles. The number of ether oxygens (including phenoxy) is 1. The minimum atomic E-state index is -0.371. The third-order valence-electron chi connectivity index (χ3n) is 2.25. The van der Waals surface area contributed by atoms with Crippen molar-refractivity contribution in [3.63, 3.8) is 0 Å². The quantitative estimate of drug-likeness (QED) is 0.710. The maximum atomic E-state index is 11.7. The van der Waals surface area contributed by atoms with Crippen LogP contribution in [0.15, 0.2) is 35.0 Å². The van der Waals surface area contributed by atoms with Crippen LogP contribution in [0.3, 0.4) is 0 Å². The van der Waals surface area contributed by atoms with Gasteiger partial charge in [-0.05, 0) is 32.8 Å². The summed E-state index contributed by atoms with van der Waals surface area (Å²) in [5, 5.41) is 0. The highest BCUT2D eigenvalue weighted by Gasteiger charge is 2.18. The number of allylic oxidation sites excluding steroid dienone is 1. The van der Waals surface area contributed by atoms with E-state index in [9.17, 15) is 4.79 Å². The standard InChI is InChI=1S/C13H19NO3/c1-4-16-13(15)14(9-5-7-11(2)3)12-8-6-10-17-12/h6,8,10H,2,4-5,7,9H2,1,3H3. The zero-order valence-electron chi connectivity index (χ0n) is 10.4. The highest BCUT2D eigenvalue weighted by Crippen LogP contribution is 2.17. The first-order chi connectivity index (χ1) is 8.15. The van der Waals surface area contributed by atoms with E-state index in [1.807, 2.05) is 6.92 Å². The van der Waals surface area contributed by atoms with Gasteiger partial charge in [0.15, 0.2) is 0 Å². The summed E-state index contributed by atoms with van der Waals surface area (Å²) in [5.74, 6) is 0.519. The van der Waals surface area contributed by atoms with E-state index in [2.05, 4.69) is 6.58 Å². The van der Waals surface area contributed by atoms with Crippen LogP contribution < -0.4 is 4.90 Å². The smallest absolute Gasteiger partial charge is 0.416 e. The Morgan fingerprint density at radius 1 is 1.59 bits per heavy atom. The van der Waals surface area contributed by atoms with Crippen molar-refractivity contribution in [2.24, 2.45) is 0 Å². The van der Waals surface area contributed by atoms with Crippen molar-refractivity contribution in [1.29, 1.82) is 0 Å². The lowest BCUT2D eigenvalue weighted by molar-refractivity contribution is 0.158. The second-order valence-corrected chi connectivity index (χ2v) is 3.86. The monoisotopic (exact) mass is 237 g/mol. The van der Waals surface area contributed by atoms with Crippen LogP contribution in [0.5, 0.6) is 0 Å². The highest BCUT2D eigenvalue weighted by molar-refractivity contribution is 5.85. The van der Waals surface area contributed by atoms with Crippen LogP contribution in [-0.2, 0) is 4.74 Å². The minimum absolute atomic E-state index is 0.358. The van der Waals surface area contributed by atoms with Gasteiger partial charge in [0.05, 0.1) is 12.9 Å². The number of anilines is 1. The summed E-state index contributed by atoms with van der Waals surface area (Å²) < 4.78 is 10.2. The Hall–Kier alpha value is -1.71. The second kappa shape index (κ2) is 6.78. The van der Waals surface area contributed by atoms with Crippen molar-refractivity contribution < 1.29 is 13.9 Å². The summed E-state index contributed by atoms with van der Waals surface area (Å²) in [5.41, 5.74) is 1.10. The molecule has 0 saturated heterocycles. The van der Waals surface area contributed by atoms with Gasteiger partial charge in [-0.2, -0.15) is 0 Å². The summed E-state index contributed by atoms with van der Waals surface area (Å²) in [6.45, 7) is 8.52. The first kappa shape index (κ1) is 13.4. The van der Waals surface area contributed by atoms with Gasteiger partial charge in [-0.3, -0.25) is 0 Å². The summed E-state index contributed by atoms with van der Waals surface area (Å²) >= 11 is 0. The summed E-state index contributed by atoms with van der Waals surface area (Å²) in [6.07, 6.45) is 2.90. The molecular formula is C13H19NO3. The topological polar surface area (TPSA) is 42.7 Å². The molecule has 4 heteroatoms. The van der Waals surface area contributed by atoms with Crippen molar-refractivity contribution in [2.45, 2.75) is 26.7 Å². The second-order valence-electron chi connectivity index (χ2n) is 3.86. The molecule has 1 aromatic heterocycles. The number of nitrogens with zero attached hydrogens (tertiary/aromatic N) is 1. The highest BCUT2D eigenvalue weighted by atomic mass is 16.6. The van der Waals surface area contributed by atoms with Crippen LogP contribution in [-0.4, -0.2) is 19.2 Å². The number of hydrogen-bond donors (Lipinski definition) is 0. The molecule has 0 aliphatic carbocycles. The van der Waals surface area contributed by atoms with E-state index in [0.717, 1.165) is 18.4 Å². The molecule has 0 saturated carbocycles. The normalized spacial score (nSPS) is 10.0. The van der Waals surface area contributed by atoms with E-state index in [0.29, 0.717) is 19.0 Å². The summed E-state index contributed by atoms with van der Waals surface area (Å²) in [7, 11) is 0. The van der Waals surface area contributed by atoms with Crippen LogP contribution >= 0.6 is 0 Å². The fourth-order valence-corrected chi connectivity index (χ4v) is 1.46. The van der Waals surface area contributed by atoms with Crippen LogP contribution in [0.4, 0.5) is 10.7 Å². The molecule has 0 atom stereocenters. The molecule has 0 spiro atoms. The molecule has 1 amide bonds. The fourth-order valence-electron chi connectivity index (χ4n) is 1.46. The van der Waals surface area contributed by atoms with Crippen molar-refractivity contribution >= 4 is 12.0 Å². The van der Waals surface area contributed by atoms with Gasteiger partial charge >= 0.3 is 6.09 Å². The van der Waals surface area contributed by atoms with Crippen molar-refractivity contribution in [3.05, 3.63) is 30.5 Å². The van der Waals surface area contributed by atoms with Gasteiger partial charge in [-0.15, -0.1) is 6.58 Å². The Morgan fingerprint density at radius 3 is 2.88 bits per heavy atom. The van der Waals surface area contributed by atoms with E-state index in [1.165, 1.54) is 4.90 Å². The summed E-state index contributed by atoms with van der Waals surface area (Å²) in [6, 6.07) is 3.50. The predicted molar refractivity (Wildman–Crippen MR) is 67.1 cm³/mol. The van der Waals surface area contributed by atoms with Gasteiger partial charge < -0.3 is 9.15 Å². The Morgan fingerprint density at radius 2 is 2.35 bits per heavy atom. The molecule has 0 fully saturated rings. The zero-order chi connectivity index (χ0) is 12.7. The largest absolute Gasteiger partial charge is 0.449 e.